The maximum Gasteiger partial charge on any atom is 0.193 e. The molecule has 0 aliphatic rings. The largest absolute Gasteiger partial charge is 0.342 e. The molecule has 0 saturated heterocycles. The van der Waals surface area contributed by atoms with Crippen LogP contribution in [0, 0.1) is 20.8 Å². The smallest absolute Gasteiger partial charge is 0.193 e. The fourth-order valence-corrected chi connectivity index (χ4v) is 2.82. The molecule has 0 N–H and O–H groups in total. The van der Waals surface area contributed by atoms with Crippen LogP contribution in [0.3, 0.4) is 0 Å². The van der Waals surface area contributed by atoms with Crippen LogP contribution in [0.2, 0.25) is 0 Å². The van der Waals surface area contributed by atoms with Crippen LogP contribution < -0.4 is 5.43 Å². The van der Waals surface area contributed by atoms with Gasteiger partial charge in [-0.1, -0.05) is 0 Å². The summed E-state index contributed by atoms with van der Waals surface area (Å²) < 4.78 is 2.04. The molecule has 0 bridgehead atoms. The second-order valence-corrected chi connectivity index (χ2v) is 4.92. The highest BCUT2D eigenvalue weighted by atomic mass is 32.1. The van der Waals surface area contributed by atoms with Gasteiger partial charge < -0.3 is 4.57 Å². The van der Waals surface area contributed by atoms with E-state index in [-0.39, 0.29) is 5.43 Å². The fraction of sp³-hybridized carbons (Fsp3) is 0.364. The summed E-state index contributed by atoms with van der Waals surface area (Å²) in [6.07, 6.45) is 1.90. The van der Waals surface area contributed by atoms with Gasteiger partial charge in [0.1, 0.15) is 4.83 Å². The number of fused-ring (bicyclic) bond motifs is 1. The number of aromatic nitrogens is 1. The van der Waals surface area contributed by atoms with E-state index < -0.39 is 0 Å². The lowest BCUT2D eigenvalue weighted by Gasteiger charge is -2.01. The average Bonchev–Trinajstić information content (AvgIpc) is 2.41. The van der Waals surface area contributed by atoms with Crippen LogP contribution in [0.15, 0.2) is 11.0 Å². The number of rotatable bonds is 0. The zero-order valence-corrected chi connectivity index (χ0v) is 9.66. The first-order chi connectivity index (χ1) is 6.52. The van der Waals surface area contributed by atoms with Gasteiger partial charge in [0.25, 0.3) is 0 Å². The third-order valence-corrected chi connectivity index (χ3v) is 3.96. The Morgan fingerprint density at radius 2 is 1.93 bits per heavy atom. The lowest BCUT2D eigenvalue weighted by Crippen LogP contribution is -2.09. The van der Waals surface area contributed by atoms with Gasteiger partial charge in [-0.3, -0.25) is 4.79 Å². The molecule has 74 valence electrons. The van der Waals surface area contributed by atoms with E-state index in [1.807, 2.05) is 31.7 Å². The first-order valence-electron chi connectivity index (χ1n) is 4.58. The van der Waals surface area contributed by atoms with Gasteiger partial charge in [0.15, 0.2) is 5.43 Å². The lowest BCUT2D eigenvalue weighted by molar-refractivity contribution is 0.948. The van der Waals surface area contributed by atoms with Crippen molar-refractivity contribution in [3.05, 3.63) is 32.4 Å². The highest BCUT2D eigenvalue weighted by molar-refractivity contribution is 7.18. The summed E-state index contributed by atoms with van der Waals surface area (Å²) in [6.45, 7) is 5.96. The molecule has 0 aliphatic carbocycles. The van der Waals surface area contributed by atoms with Crippen molar-refractivity contribution in [2.45, 2.75) is 20.8 Å². The minimum absolute atomic E-state index is 0.181. The van der Waals surface area contributed by atoms with Crippen LogP contribution in [-0.4, -0.2) is 4.57 Å². The molecule has 0 amide bonds. The van der Waals surface area contributed by atoms with E-state index in [4.69, 9.17) is 0 Å². The van der Waals surface area contributed by atoms with Crippen molar-refractivity contribution < 1.29 is 0 Å². The number of pyridine rings is 1. The number of thiophene rings is 1. The van der Waals surface area contributed by atoms with Crippen LogP contribution in [0.4, 0.5) is 0 Å². The van der Waals surface area contributed by atoms with E-state index in [2.05, 4.69) is 6.92 Å². The maximum absolute atomic E-state index is 11.9. The number of nitrogens with zero attached hydrogens (tertiary/aromatic N) is 1. The SMILES string of the molecule is Cc1sc2c(c1C)c(=O)c(C)cn2C. The summed E-state index contributed by atoms with van der Waals surface area (Å²) in [5.74, 6) is 0. The van der Waals surface area contributed by atoms with Gasteiger partial charge in [-0.05, 0) is 26.3 Å². The monoisotopic (exact) mass is 207 g/mol. The molecule has 2 heterocycles. The van der Waals surface area contributed by atoms with Gasteiger partial charge in [-0.2, -0.15) is 0 Å². The summed E-state index contributed by atoms with van der Waals surface area (Å²) in [6, 6.07) is 0. The molecule has 2 aromatic heterocycles. The molecular weight excluding hydrogens is 194 g/mol. The molecule has 2 aromatic rings. The highest BCUT2D eigenvalue weighted by Crippen LogP contribution is 2.27. The predicted octanol–water partition coefficient (Wildman–Crippen LogP) is 2.53. The molecule has 2 rings (SSSR count). The van der Waals surface area contributed by atoms with Crippen molar-refractivity contribution >= 4 is 21.6 Å². The van der Waals surface area contributed by atoms with E-state index >= 15 is 0 Å². The molecule has 0 saturated carbocycles. The Kier molecular flexibility index (Phi) is 2.00. The molecule has 14 heavy (non-hydrogen) atoms. The van der Waals surface area contributed by atoms with Gasteiger partial charge >= 0.3 is 0 Å². The molecule has 0 atom stereocenters. The summed E-state index contributed by atoms with van der Waals surface area (Å²) in [7, 11) is 1.99. The Hall–Kier alpha value is -1.09. The van der Waals surface area contributed by atoms with Crippen LogP contribution in [0.5, 0.6) is 0 Å². The Morgan fingerprint density at radius 3 is 2.57 bits per heavy atom. The van der Waals surface area contributed by atoms with Gasteiger partial charge in [-0.25, -0.2) is 0 Å². The second kappa shape index (κ2) is 2.95. The number of hydrogen-bond acceptors (Lipinski definition) is 2. The molecule has 0 fully saturated rings. The second-order valence-electron chi connectivity index (χ2n) is 3.72. The molecule has 2 nitrogen and oxygen atoms in total. The fourth-order valence-electron chi connectivity index (χ4n) is 1.73. The zero-order chi connectivity index (χ0) is 10.5. The summed E-state index contributed by atoms with van der Waals surface area (Å²) in [5, 5.41) is 0.898. The molecule has 3 heteroatoms. The summed E-state index contributed by atoms with van der Waals surface area (Å²) in [4.78, 5) is 14.2. The Labute approximate surface area is 86.8 Å². The first kappa shape index (κ1) is 9.46. The molecule has 0 aliphatic heterocycles. The van der Waals surface area contributed by atoms with Crippen LogP contribution in [0.1, 0.15) is 16.0 Å². The van der Waals surface area contributed by atoms with Crippen LogP contribution in [-0.2, 0) is 7.05 Å². The van der Waals surface area contributed by atoms with Gasteiger partial charge in [-0.15, -0.1) is 11.3 Å². The van der Waals surface area contributed by atoms with E-state index in [0.29, 0.717) is 0 Å². The third kappa shape index (κ3) is 1.12. The number of aryl methyl sites for hydroxylation is 4. The van der Waals surface area contributed by atoms with Crippen molar-refractivity contribution in [1.29, 1.82) is 0 Å². The van der Waals surface area contributed by atoms with Gasteiger partial charge in [0.05, 0.1) is 5.39 Å². The normalized spacial score (nSPS) is 11.1. The molecular formula is C11H13NOS. The van der Waals surface area contributed by atoms with Gasteiger partial charge in [0.2, 0.25) is 0 Å². The number of hydrogen-bond donors (Lipinski definition) is 0. The first-order valence-corrected chi connectivity index (χ1v) is 5.40. The Balaban J connectivity index is 3.11. The van der Waals surface area contributed by atoms with Crippen molar-refractivity contribution in [2.24, 2.45) is 7.05 Å². The molecule has 0 aromatic carbocycles. The van der Waals surface area contributed by atoms with E-state index in [1.165, 1.54) is 4.88 Å². The van der Waals surface area contributed by atoms with Crippen molar-refractivity contribution in [2.75, 3.05) is 0 Å². The van der Waals surface area contributed by atoms with E-state index in [0.717, 1.165) is 21.3 Å². The quantitative estimate of drug-likeness (QED) is 0.650. The van der Waals surface area contributed by atoms with E-state index in [1.54, 1.807) is 11.3 Å². The average molecular weight is 207 g/mol. The minimum Gasteiger partial charge on any atom is -0.342 e. The Morgan fingerprint density at radius 1 is 1.29 bits per heavy atom. The summed E-state index contributed by atoms with van der Waals surface area (Å²) >= 11 is 1.69. The molecule has 0 radical (unpaired) electrons. The maximum atomic E-state index is 11.9. The van der Waals surface area contributed by atoms with Crippen molar-refractivity contribution in [1.82, 2.24) is 4.57 Å². The third-order valence-electron chi connectivity index (χ3n) is 2.66. The lowest BCUT2D eigenvalue weighted by atomic mass is 10.1. The van der Waals surface area contributed by atoms with Crippen molar-refractivity contribution in [3.63, 3.8) is 0 Å². The predicted molar refractivity (Wildman–Crippen MR) is 61.3 cm³/mol. The van der Waals surface area contributed by atoms with Crippen molar-refractivity contribution in [3.8, 4) is 0 Å². The zero-order valence-electron chi connectivity index (χ0n) is 8.84. The van der Waals surface area contributed by atoms with E-state index in [9.17, 15) is 4.79 Å². The summed E-state index contributed by atoms with van der Waals surface area (Å²) in [5.41, 5.74) is 2.13. The Bertz CT molecular complexity index is 563. The topological polar surface area (TPSA) is 22.0 Å². The standard InChI is InChI=1S/C11H13NOS/c1-6-5-12(4)11-9(10(6)13)7(2)8(3)14-11/h5H,1-4H3. The minimum atomic E-state index is 0.181. The van der Waals surface area contributed by atoms with Gasteiger partial charge in [0, 0.05) is 23.7 Å². The molecule has 0 unspecified atom stereocenters. The van der Waals surface area contributed by atoms with Crippen LogP contribution in [0.25, 0.3) is 10.2 Å². The molecule has 0 spiro atoms. The van der Waals surface area contributed by atoms with Crippen LogP contribution >= 0.6 is 11.3 Å². The highest BCUT2D eigenvalue weighted by Gasteiger charge is 2.11.